The average Bonchev–Trinajstić information content (AvgIpc) is 3.26. The van der Waals surface area contributed by atoms with Crippen LogP contribution in [-0.2, 0) is 4.74 Å². The van der Waals surface area contributed by atoms with Gasteiger partial charge in [-0.3, -0.25) is 0 Å². The molecule has 0 aliphatic rings. The monoisotopic (exact) mass is 511 g/mol. The highest BCUT2D eigenvalue weighted by molar-refractivity contribution is 6.36. The Kier molecular flexibility index (Phi) is 7.14. The van der Waals surface area contributed by atoms with Crippen LogP contribution in [0.3, 0.4) is 0 Å². The molecule has 4 aromatic rings. The molecule has 4 N–H and O–H groups in total. The number of nitrogens with two attached hydrogens (primary N) is 1. The summed E-state index contributed by atoms with van der Waals surface area (Å²) in [5.41, 5.74) is 7.59. The quantitative estimate of drug-likeness (QED) is 0.235. The van der Waals surface area contributed by atoms with Gasteiger partial charge in [0.15, 0.2) is 5.65 Å². The number of nitrogen functional groups attached to an aromatic ring is 1. The number of nitriles is 1. The highest BCUT2D eigenvalue weighted by Crippen LogP contribution is 2.30. The molecular formula is C22H19Cl2N9O2. The molecule has 3 heterocycles. The van der Waals surface area contributed by atoms with Crippen molar-refractivity contribution in [3.63, 3.8) is 0 Å². The van der Waals surface area contributed by atoms with Crippen LogP contribution in [0.4, 0.5) is 17.6 Å². The molecule has 0 fully saturated rings. The largest absolute Gasteiger partial charge is 0.460 e. The minimum Gasteiger partial charge on any atom is -0.460 e. The molecule has 0 saturated heterocycles. The third kappa shape index (κ3) is 5.34. The second kappa shape index (κ2) is 10.4. The van der Waals surface area contributed by atoms with Gasteiger partial charge in [0.1, 0.15) is 17.7 Å². The number of carbonyl (C=O) groups excluding carboxylic acids is 1. The summed E-state index contributed by atoms with van der Waals surface area (Å²) in [5.74, 6) is 0.274. The third-order valence-electron chi connectivity index (χ3n) is 4.75. The van der Waals surface area contributed by atoms with Crippen LogP contribution in [0.1, 0.15) is 23.1 Å². The van der Waals surface area contributed by atoms with E-state index in [4.69, 9.17) is 38.9 Å². The molecule has 3 aromatic heterocycles. The molecule has 4 rings (SSSR count). The lowest BCUT2D eigenvalue weighted by molar-refractivity contribution is 0.0512. The zero-order chi connectivity index (χ0) is 24.9. The summed E-state index contributed by atoms with van der Waals surface area (Å²) in [6, 6.07) is 12.0. The van der Waals surface area contributed by atoms with Crippen molar-refractivity contribution in [2.75, 3.05) is 36.1 Å². The van der Waals surface area contributed by atoms with Crippen molar-refractivity contribution in [3.8, 4) is 17.3 Å². The van der Waals surface area contributed by atoms with Gasteiger partial charge in [-0.05, 0) is 37.3 Å². The minimum atomic E-state index is -0.639. The molecule has 0 radical (unpaired) electrons. The van der Waals surface area contributed by atoms with Crippen LogP contribution in [0.2, 0.25) is 10.0 Å². The Hall–Kier alpha value is -4.14. The molecule has 0 atom stereocenters. The SMILES string of the molecule is CCOC(=O)c1nc2cc(-c3ccc(Cl)cc3Cl)nc(NCCNc3ccc(C#N)c(N)n3)n2n1. The zero-order valence-electron chi connectivity index (χ0n) is 18.4. The second-order valence-corrected chi connectivity index (χ2v) is 7.95. The molecule has 0 amide bonds. The van der Waals surface area contributed by atoms with Gasteiger partial charge >= 0.3 is 5.97 Å². The molecular weight excluding hydrogens is 493 g/mol. The molecule has 0 bridgehead atoms. The Labute approximate surface area is 209 Å². The lowest BCUT2D eigenvalue weighted by Crippen LogP contribution is -2.17. The summed E-state index contributed by atoms with van der Waals surface area (Å²) < 4.78 is 6.43. The van der Waals surface area contributed by atoms with E-state index in [2.05, 4.69) is 30.7 Å². The normalized spacial score (nSPS) is 10.7. The highest BCUT2D eigenvalue weighted by atomic mass is 35.5. The number of rotatable bonds is 8. The number of anilines is 3. The van der Waals surface area contributed by atoms with Crippen LogP contribution in [0.25, 0.3) is 16.9 Å². The zero-order valence-corrected chi connectivity index (χ0v) is 19.9. The molecule has 1 aromatic carbocycles. The average molecular weight is 512 g/mol. The van der Waals surface area contributed by atoms with Crippen molar-refractivity contribution < 1.29 is 9.53 Å². The number of ether oxygens (including phenoxy) is 1. The van der Waals surface area contributed by atoms with E-state index < -0.39 is 5.97 Å². The third-order valence-corrected chi connectivity index (χ3v) is 5.30. The van der Waals surface area contributed by atoms with Crippen molar-refractivity contribution in [2.24, 2.45) is 0 Å². The van der Waals surface area contributed by atoms with Crippen molar-refractivity contribution in [1.29, 1.82) is 5.26 Å². The maximum absolute atomic E-state index is 12.2. The molecule has 0 spiro atoms. The lowest BCUT2D eigenvalue weighted by Gasteiger charge is -2.11. The van der Waals surface area contributed by atoms with Crippen molar-refractivity contribution >= 4 is 52.4 Å². The first-order valence-electron chi connectivity index (χ1n) is 10.4. The van der Waals surface area contributed by atoms with Crippen LogP contribution in [0, 0.1) is 11.3 Å². The second-order valence-electron chi connectivity index (χ2n) is 7.11. The van der Waals surface area contributed by atoms with Gasteiger partial charge in [0.25, 0.3) is 5.82 Å². The van der Waals surface area contributed by atoms with Gasteiger partial charge in [-0.15, -0.1) is 5.10 Å². The Morgan fingerprint density at radius 3 is 2.66 bits per heavy atom. The number of pyridine rings is 1. The van der Waals surface area contributed by atoms with E-state index >= 15 is 0 Å². The number of esters is 1. The fourth-order valence-corrected chi connectivity index (χ4v) is 3.66. The molecule has 0 unspecified atom stereocenters. The number of nitrogens with one attached hydrogen (secondary N) is 2. The van der Waals surface area contributed by atoms with E-state index in [0.29, 0.717) is 57.4 Å². The number of hydrogen-bond acceptors (Lipinski definition) is 10. The van der Waals surface area contributed by atoms with Gasteiger partial charge in [0.2, 0.25) is 5.95 Å². The minimum absolute atomic E-state index is 0.0913. The lowest BCUT2D eigenvalue weighted by atomic mass is 10.1. The van der Waals surface area contributed by atoms with Gasteiger partial charge in [-0.1, -0.05) is 23.2 Å². The van der Waals surface area contributed by atoms with E-state index in [1.807, 2.05) is 6.07 Å². The predicted octanol–water partition coefficient (Wildman–Crippen LogP) is 3.65. The maximum atomic E-state index is 12.2. The molecule has 0 aliphatic carbocycles. The molecule has 0 aliphatic heterocycles. The maximum Gasteiger partial charge on any atom is 0.378 e. The molecule has 35 heavy (non-hydrogen) atoms. The number of nitrogens with zero attached hydrogens (tertiary/aromatic N) is 6. The number of fused-ring (bicyclic) bond motifs is 1. The summed E-state index contributed by atoms with van der Waals surface area (Å²) in [4.78, 5) is 25.2. The number of carbonyl (C=O) groups is 1. The van der Waals surface area contributed by atoms with E-state index in [1.54, 1.807) is 43.3 Å². The number of aromatic nitrogens is 5. The Balaban J connectivity index is 1.60. The van der Waals surface area contributed by atoms with Gasteiger partial charge in [-0.25, -0.2) is 19.7 Å². The smallest absolute Gasteiger partial charge is 0.378 e. The van der Waals surface area contributed by atoms with Crippen LogP contribution < -0.4 is 16.4 Å². The summed E-state index contributed by atoms with van der Waals surface area (Å²) >= 11 is 12.4. The molecule has 0 saturated carbocycles. The Bertz CT molecular complexity index is 1450. The summed E-state index contributed by atoms with van der Waals surface area (Å²) in [7, 11) is 0. The fourth-order valence-electron chi connectivity index (χ4n) is 3.15. The summed E-state index contributed by atoms with van der Waals surface area (Å²) in [6.07, 6.45) is 0. The van der Waals surface area contributed by atoms with Crippen molar-refractivity contribution in [2.45, 2.75) is 6.92 Å². The topological polar surface area (TPSA) is 156 Å². The number of halogens is 2. The van der Waals surface area contributed by atoms with Crippen LogP contribution in [0.15, 0.2) is 36.4 Å². The van der Waals surface area contributed by atoms with E-state index in [0.717, 1.165) is 0 Å². The first-order valence-corrected chi connectivity index (χ1v) is 11.2. The van der Waals surface area contributed by atoms with Crippen LogP contribution in [0.5, 0.6) is 0 Å². The first-order chi connectivity index (χ1) is 16.9. The van der Waals surface area contributed by atoms with Crippen molar-refractivity contribution in [1.82, 2.24) is 24.6 Å². The van der Waals surface area contributed by atoms with Gasteiger partial charge in [0.05, 0.1) is 22.9 Å². The first kappa shape index (κ1) is 24.0. The predicted molar refractivity (Wildman–Crippen MR) is 133 cm³/mol. The van der Waals surface area contributed by atoms with Gasteiger partial charge in [-0.2, -0.15) is 9.78 Å². The van der Waals surface area contributed by atoms with Crippen molar-refractivity contribution in [3.05, 3.63) is 57.8 Å². The van der Waals surface area contributed by atoms with E-state index in [9.17, 15) is 4.79 Å². The van der Waals surface area contributed by atoms with Gasteiger partial charge < -0.3 is 21.1 Å². The van der Waals surface area contributed by atoms with E-state index in [-0.39, 0.29) is 18.2 Å². The molecule has 178 valence electrons. The Morgan fingerprint density at radius 1 is 1.14 bits per heavy atom. The van der Waals surface area contributed by atoms with Gasteiger partial charge in [0, 0.05) is 29.7 Å². The summed E-state index contributed by atoms with van der Waals surface area (Å²) in [6.45, 7) is 2.73. The highest BCUT2D eigenvalue weighted by Gasteiger charge is 2.18. The Morgan fingerprint density at radius 2 is 1.94 bits per heavy atom. The number of benzene rings is 1. The van der Waals surface area contributed by atoms with Crippen LogP contribution in [-0.4, -0.2) is 50.2 Å². The number of hydrogen-bond donors (Lipinski definition) is 3. The van der Waals surface area contributed by atoms with Crippen LogP contribution >= 0.6 is 23.2 Å². The molecule has 13 heteroatoms. The molecule has 11 nitrogen and oxygen atoms in total. The fraction of sp³-hybridized carbons (Fsp3) is 0.182. The van der Waals surface area contributed by atoms with E-state index in [1.165, 1.54) is 4.52 Å². The summed E-state index contributed by atoms with van der Waals surface area (Å²) in [5, 5.41) is 20.4. The standard InChI is InChI=1S/C22H19Cl2N9O2/c1-2-35-21(34)20-31-18-10-16(14-5-4-13(23)9-15(14)24)29-22(33(18)32-20)28-8-7-27-17-6-3-12(11-25)19(26)30-17/h3-6,9-10H,2,7-8H2,1H3,(H,28,29)(H3,26,27,30).